The monoisotopic (exact) mass is 419 g/mol. The summed E-state index contributed by atoms with van der Waals surface area (Å²) in [5.41, 5.74) is 2.49. The fourth-order valence-electron chi connectivity index (χ4n) is 3.78. The first kappa shape index (κ1) is 21.1. The smallest absolute Gasteiger partial charge is 0.341 e. The average Bonchev–Trinajstić information content (AvgIpc) is 3.24. The number of nitrogens with one attached hydrogen (secondary N) is 1. The molecule has 1 aliphatic carbocycles. The maximum Gasteiger partial charge on any atom is 0.341 e. The predicted octanol–water partition coefficient (Wildman–Crippen LogP) is 5.95. The number of esters is 1. The molecule has 1 atom stereocenters. The summed E-state index contributed by atoms with van der Waals surface area (Å²) < 4.78 is 5.04. The topological polar surface area (TPSA) is 55.4 Å². The molecule has 152 valence electrons. The molecule has 0 aliphatic heterocycles. The number of fused-ring (bicyclic) bond motifs is 1. The van der Waals surface area contributed by atoms with Gasteiger partial charge in [0.15, 0.2) is 0 Å². The molecule has 0 saturated carbocycles. The lowest BCUT2D eigenvalue weighted by Crippen LogP contribution is -2.26. The Kier molecular flexibility index (Phi) is 6.30. The standard InChI is InChI=1S/C22H29NO3S2/c1-6-7-15-10-13(12-27-15)19(24)23-20-18(21(25)26-5)16-9-8-14(22(2,3)4)11-17(16)28-20/h10,12,14H,6-9,11H2,1-5H3,(H,23,24). The van der Waals surface area contributed by atoms with E-state index in [1.165, 1.54) is 28.2 Å². The number of hydrogen-bond acceptors (Lipinski definition) is 5. The van der Waals surface area contributed by atoms with Crippen molar-refractivity contribution in [2.24, 2.45) is 11.3 Å². The summed E-state index contributed by atoms with van der Waals surface area (Å²) in [5, 5.41) is 5.51. The quantitative estimate of drug-likeness (QED) is 0.609. The number of thiophene rings is 2. The molecule has 3 rings (SSSR count). The summed E-state index contributed by atoms with van der Waals surface area (Å²) in [4.78, 5) is 27.7. The van der Waals surface area contributed by atoms with Crippen LogP contribution >= 0.6 is 22.7 Å². The Labute approximate surface area is 175 Å². The minimum absolute atomic E-state index is 0.158. The lowest BCUT2D eigenvalue weighted by atomic mass is 9.72. The van der Waals surface area contributed by atoms with Crippen LogP contribution in [-0.2, 0) is 24.0 Å². The van der Waals surface area contributed by atoms with Crippen molar-refractivity contribution >= 4 is 39.6 Å². The third kappa shape index (κ3) is 4.33. The largest absolute Gasteiger partial charge is 0.465 e. The molecule has 1 N–H and O–H groups in total. The van der Waals surface area contributed by atoms with Gasteiger partial charge in [-0.3, -0.25) is 4.79 Å². The molecule has 1 amide bonds. The van der Waals surface area contributed by atoms with E-state index in [1.807, 2.05) is 11.4 Å². The molecule has 0 saturated heterocycles. The number of methoxy groups -OCH3 is 1. The molecule has 4 nitrogen and oxygen atoms in total. The first-order valence-electron chi connectivity index (χ1n) is 9.86. The molecule has 0 fully saturated rings. The van der Waals surface area contributed by atoms with Crippen LogP contribution in [0, 0.1) is 11.3 Å². The molecule has 0 radical (unpaired) electrons. The number of aryl methyl sites for hydroxylation is 1. The van der Waals surface area contributed by atoms with E-state index in [4.69, 9.17) is 4.74 Å². The van der Waals surface area contributed by atoms with Gasteiger partial charge in [0.05, 0.1) is 18.2 Å². The molecule has 2 heterocycles. The molecule has 0 bridgehead atoms. The number of carbonyl (C=O) groups excluding carboxylic acids is 2. The highest BCUT2D eigenvalue weighted by Crippen LogP contribution is 2.44. The van der Waals surface area contributed by atoms with Crippen LogP contribution in [0.15, 0.2) is 11.4 Å². The van der Waals surface area contributed by atoms with Gasteiger partial charge in [0.2, 0.25) is 0 Å². The second-order valence-electron chi connectivity index (χ2n) is 8.51. The minimum atomic E-state index is -0.362. The van der Waals surface area contributed by atoms with Gasteiger partial charge < -0.3 is 10.1 Å². The highest BCUT2D eigenvalue weighted by Gasteiger charge is 2.34. The van der Waals surface area contributed by atoms with E-state index in [9.17, 15) is 9.59 Å². The Balaban J connectivity index is 1.89. The van der Waals surface area contributed by atoms with E-state index in [1.54, 1.807) is 11.3 Å². The molecule has 0 aromatic carbocycles. The van der Waals surface area contributed by atoms with Crippen molar-refractivity contribution in [2.45, 2.75) is 59.8 Å². The van der Waals surface area contributed by atoms with Crippen LogP contribution in [0.1, 0.15) is 76.6 Å². The van der Waals surface area contributed by atoms with Crippen LogP contribution in [0.25, 0.3) is 0 Å². The maximum atomic E-state index is 12.8. The van der Waals surface area contributed by atoms with Crippen molar-refractivity contribution < 1.29 is 14.3 Å². The fourth-order valence-corrected chi connectivity index (χ4v) is 6.06. The minimum Gasteiger partial charge on any atom is -0.465 e. The van der Waals surface area contributed by atoms with Gasteiger partial charge in [-0.1, -0.05) is 34.1 Å². The van der Waals surface area contributed by atoms with Crippen LogP contribution in [-0.4, -0.2) is 19.0 Å². The van der Waals surface area contributed by atoms with Crippen LogP contribution < -0.4 is 5.32 Å². The van der Waals surface area contributed by atoms with Crippen molar-refractivity contribution in [1.82, 2.24) is 0 Å². The Bertz CT molecular complexity index is 873. The van der Waals surface area contributed by atoms with Crippen molar-refractivity contribution in [3.63, 3.8) is 0 Å². The van der Waals surface area contributed by atoms with E-state index in [0.29, 0.717) is 22.0 Å². The van der Waals surface area contributed by atoms with Gasteiger partial charge in [0.25, 0.3) is 5.91 Å². The van der Waals surface area contributed by atoms with Gasteiger partial charge in [-0.25, -0.2) is 4.79 Å². The summed E-state index contributed by atoms with van der Waals surface area (Å²) in [6.45, 7) is 8.93. The van der Waals surface area contributed by atoms with E-state index in [0.717, 1.165) is 37.7 Å². The SMILES string of the molecule is CCCc1cc(C(=O)Nc2sc3c(c2C(=O)OC)CCC(C(C)(C)C)C3)cs1. The third-order valence-electron chi connectivity index (χ3n) is 5.52. The summed E-state index contributed by atoms with van der Waals surface area (Å²) in [7, 11) is 1.40. The molecule has 1 unspecified atom stereocenters. The maximum absolute atomic E-state index is 12.8. The molecule has 0 spiro atoms. The van der Waals surface area contributed by atoms with Crippen LogP contribution in [0.5, 0.6) is 0 Å². The van der Waals surface area contributed by atoms with E-state index < -0.39 is 0 Å². The number of carbonyl (C=O) groups is 2. The molecule has 6 heteroatoms. The first-order valence-corrected chi connectivity index (χ1v) is 11.6. The average molecular weight is 420 g/mol. The Morgan fingerprint density at radius 2 is 2.07 bits per heavy atom. The zero-order valence-corrected chi connectivity index (χ0v) is 18.9. The predicted molar refractivity (Wildman–Crippen MR) is 117 cm³/mol. The second-order valence-corrected chi connectivity index (χ2v) is 10.6. The Morgan fingerprint density at radius 1 is 1.32 bits per heavy atom. The number of amides is 1. The second kappa shape index (κ2) is 8.37. The molecule has 2 aromatic rings. The molecule has 28 heavy (non-hydrogen) atoms. The number of hydrogen-bond donors (Lipinski definition) is 1. The van der Waals surface area contributed by atoms with Crippen LogP contribution in [0.3, 0.4) is 0 Å². The number of anilines is 1. The number of rotatable bonds is 5. The lowest BCUT2D eigenvalue weighted by Gasteiger charge is -2.33. The summed E-state index contributed by atoms with van der Waals surface area (Å²) in [6.07, 6.45) is 4.89. The molecular weight excluding hydrogens is 390 g/mol. The van der Waals surface area contributed by atoms with E-state index >= 15 is 0 Å². The Hall–Kier alpha value is -1.66. The van der Waals surface area contributed by atoms with Gasteiger partial charge in [0, 0.05) is 15.1 Å². The van der Waals surface area contributed by atoms with Crippen molar-refractivity contribution in [3.05, 3.63) is 37.9 Å². The van der Waals surface area contributed by atoms with Gasteiger partial charge in [-0.2, -0.15) is 0 Å². The van der Waals surface area contributed by atoms with E-state index in [-0.39, 0.29) is 17.3 Å². The third-order valence-corrected chi connectivity index (χ3v) is 7.69. The van der Waals surface area contributed by atoms with Crippen LogP contribution in [0.4, 0.5) is 5.00 Å². The zero-order chi connectivity index (χ0) is 20.5. The summed E-state index contributed by atoms with van der Waals surface area (Å²) in [6, 6.07) is 1.95. The molecule has 2 aromatic heterocycles. The van der Waals surface area contributed by atoms with Crippen molar-refractivity contribution in [3.8, 4) is 0 Å². The first-order chi connectivity index (χ1) is 13.2. The normalized spacial score (nSPS) is 16.5. The van der Waals surface area contributed by atoms with Crippen molar-refractivity contribution in [2.75, 3.05) is 12.4 Å². The van der Waals surface area contributed by atoms with Gasteiger partial charge in [0.1, 0.15) is 5.00 Å². The summed E-state index contributed by atoms with van der Waals surface area (Å²) in [5.74, 6) is 0.0508. The highest BCUT2D eigenvalue weighted by molar-refractivity contribution is 7.17. The van der Waals surface area contributed by atoms with Crippen LogP contribution in [0.2, 0.25) is 0 Å². The lowest BCUT2D eigenvalue weighted by molar-refractivity contribution is 0.0600. The van der Waals surface area contributed by atoms with Crippen molar-refractivity contribution in [1.29, 1.82) is 0 Å². The van der Waals surface area contributed by atoms with Gasteiger partial charge in [-0.05, 0) is 48.6 Å². The van der Waals surface area contributed by atoms with Gasteiger partial charge in [-0.15, -0.1) is 22.7 Å². The number of ether oxygens (including phenoxy) is 1. The van der Waals surface area contributed by atoms with Gasteiger partial charge >= 0.3 is 5.97 Å². The molecule has 1 aliphatic rings. The molecular formula is C22H29NO3S2. The fraction of sp³-hybridized carbons (Fsp3) is 0.545. The Morgan fingerprint density at radius 3 is 2.71 bits per heavy atom. The highest BCUT2D eigenvalue weighted by atomic mass is 32.1. The van der Waals surface area contributed by atoms with E-state index in [2.05, 4.69) is 33.0 Å². The zero-order valence-electron chi connectivity index (χ0n) is 17.3. The summed E-state index contributed by atoms with van der Waals surface area (Å²) >= 11 is 3.15.